The summed E-state index contributed by atoms with van der Waals surface area (Å²) in [5.41, 5.74) is 0.956. The highest BCUT2D eigenvalue weighted by Crippen LogP contribution is 2.30. The molecule has 0 N–H and O–H groups in total. The van der Waals surface area contributed by atoms with Gasteiger partial charge in [-0.2, -0.15) is 0 Å². The first-order valence-corrected chi connectivity index (χ1v) is 12.5. The smallest absolute Gasteiger partial charge is 0.338 e. The molecule has 202 valence electrons. The van der Waals surface area contributed by atoms with Crippen molar-refractivity contribution < 1.29 is 38.2 Å². The molecular weight excluding hydrogens is 526 g/mol. The first kappa shape index (κ1) is 26.9. The molecule has 0 radical (unpaired) electrons. The van der Waals surface area contributed by atoms with Crippen LogP contribution in [-0.4, -0.2) is 48.5 Å². The van der Waals surface area contributed by atoms with E-state index in [9.17, 15) is 28.8 Å². The lowest BCUT2D eigenvalue weighted by Gasteiger charge is -2.14. The monoisotopic (exact) mass is 547 g/mol. The SMILES string of the molecule is O=C(COC(=O)c1cccc(N2C(=O)c3ccc(C(=O)OCC(=O)c4ccccc4)cc3C2=O)c1)c1ccccc1. The first-order valence-electron chi connectivity index (χ1n) is 12.5. The largest absolute Gasteiger partial charge is 0.454 e. The van der Waals surface area contributed by atoms with Gasteiger partial charge in [-0.05, 0) is 36.4 Å². The fourth-order valence-corrected chi connectivity index (χ4v) is 4.22. The Morgan fingerprint density at radius 3 is 1.56 bits per heavy atom. The van der Waals surface area contributed by atoms with Crippen LogP contribution in [-0.2, 0) is 9.47 Å². The third-order valence-electron chi connectivity index (χ3n) is 6.32. The molecule has 1 heterocycles. The zero-order valence-corrected chi connectivity index (χ0v) is 21.4. The maximum absolute atomic E-state index is 13.2. The average Bonchev–Trinajstić information content (AvgIpc) is 3.27. The average molecular weight is 548 g/mol. The number of anilines is 1. The summed E-state index contributed by atoms with van der Waals surface area (Å²) in [6, 6.07) is 26.3. The van der Waals surface area contributed by atoms with Crippen LogP contribution >= 0.6 is 0 Å². The molecule has 0 saturated heterocycles. The topological polar surface area (TPSA) is 124 Å². The van der Waals surface area contributed by atoms with Crippen molar-refractivity contribution in [3.63, 3.8) is 0 Å². The molecule has 1 aliphatic rings. The van der Waals surface area contributed by atoms with Gasteiger partial charge in [-0.3, -0.25) is 19.2 Å². The number of Topliss-reactive ketones (excluding diaryl/α,β-unsaturated/α-hetero) is 2. The highest BCUT2D eigenvalue weighted by molar-refractivity contribution is 6.34. The van der Waals surface area contributed by atoms with Gasteiger partial charge in [0.15, 0.2) is 24.8 Å². The van der Waals surface area contributed by atoms with E-state index in [0.717, 1.165) is 4.90 Å². The van der Waals surface area contributed by atoms with E-state index in [1.54, 1.807) is 60.7 Å². The molecule has 0 aliphatic carbocycles. The molecule has 41 heavy (non-hydrogen) atoms. The normalized spacial score (nSPS) is 12.0. The van der Waals surface area contributed by atoms with E-state index in [2.05, 4.69) is 0 Å². The van der Waals surface area contributed by atoms with Gasteiger partial charge in [0.2, 0.25) is 0 Å². The van der Waals surface area contributed by atoms with Gasteiger partial charge >= 0.3 is 11.9 Å². The fourth-order valence-electron chi connectivity index (χ4n) is 4.22. The number of amides is 2. The van der Waals surface area contributed by atoms with Crippen LogP contribution in [0, 0.1) is 0 Å². The predicted molar refractivity (Wildman–Crippen MR) is 146 cm³/mol. The minimum atomic E-state index is -0.828. The van der Waals surface area contributed by atoms with Crippen LogP contribution in [0.15, 0.2) is 103 Å². The van der Waals surface area contributed by atoms with Crippen molar-refractivity contribution in [2.45, 2.75) is 0 Å². The number of fused-ring (bicyclic) bond motifs is 1. The highest BCUT2D eigenvalue weighted by atomic mass is 16.5. The number of imide groups is 1. The summed E-state index contributed by atoms with van der Waals surface area (Å²) in [4.78, 5) is 76.9. The molecule has 0 unspecified atom stereocenters. The summed E-state index contributed by atoms with van der Waals surface area (Å²) in [6.07, 6.45) is 0. The molecule has 0 saturated carbocycles. The Bertz CT molecular complexity index is 1700. The standard InChI is InChI=1S/C32H21NO8/c34-27(20-8-3-1-4-9-20)18-40-31(38)22-12-7-13-24(16-22)33-29(36)25-15-14-23(17-26(25)30(33)37)32(39)41-19-28(35)21-10-5-2-6-11-21/h1-17H,18-19H2. The van der Waals surface area contributed by atoms with E-state index in [4.69, 9.17) is 9.47 Å². The summed E-state index contributed by atoms with van der Waals surface area (Å²) >= 11 is 0. The molecule has 0 fully saturated rings. The van der Waals surface area contributed by atoms with Crippen molar-refractivity contribution in [2.75, 3.05) is 18.1 Å². The summed E-state index contributed by atoms with van der Waals surface area (Å²) in [7, 11) is 0. The molecule has 9 nitrogen and oxygen atoms in total. The lowest BCUT2D eigenvalue weighted by atomic mass is 10.1. The molecular formula is C32H21NO8. The second-order valence-electron chi connectivity index (χ2n) is 8.99. The van der Waals surface area contributed by atoms with E-state index in [1.165, 1.54) is 42.5 Å². The predicted octanol–water partition coefficient (Wildman–Crippen LogP) is 4.57. The van der Waals surface area contributed by atoms with Crippen molar-refractivity contribution in [3.8, 4) is 0 Å². The Morgan fingerprint density at radius 2 is 1.00 bits per heavy atom. The summed E-state index contributed by atoms with van der Waals surface area (Å²) < 4.78 is 10.2. The van der Waals surface area contributed by atoms with Crippen LogP contribution in [0.2, 0.25) is 0 Å². The van der Waals surface area contributed by atoms with Gasteiger partial charge in [0.1, 0.15) is 0 Å². The molecule has 9 heteroatoms. The van der Waals surface area contributed by atoms with E-state index in [-0.39, 0.29) is 39.5 Å². The van der Waals surface area contributed by atoms with Crippen LogP contribution in [0.5, 0.6) is 0 Å². The molecule has 0 atom stereocenters. The third kappa shape index (κ3) is 5.69. The van der Waals surface area contributed by atoms with Crippen LogP contribution in [0.1, 0.15) is 62.1 Å². The van der Waals surface area contributed by atoms with Crippen molar-refractivity contribution in [3.05, 3.63) is 137 Å². The van der Waals surface area contributed by atoms with E-state index in [1.807, 2.05) is 0 Å². The van der Waals surface area contributed by atoms with Gasteiger partial charge < -0.3 is 9.47 Å². The van der Waals surface area contributed by atoms with Crippen molar-refractivity contribution in [1.82, 2.24) is 0 Å². The lowest BCUT2D eigenvalue weighted by molar-refractivity contribution is 0.0472. The second-order valence-corrected chi connectivity index (χ2v) is 8.99. The van der Waals surface area contributed by atoms with Crippen LogP contribution in [0.4, 0.5) is 5.69 Å². The maximum Gasteiger partial charge on any atom is 0.338 e. The minimum Gasteiger partial charge on any atom is -0.454 e. The number of nitrogens with zero attached hydrogens (tertiary/aromatic N) is 1. The lowest BCUT2D eigenvalue weighted by Crippen LogP contribution is -2.29. The van der Waals surface area contributed by atoms with Gasteiger partial charge in [-0.1, -0.05) is 66.7 Å². The number of benzene rings is 4. The summed E-state index contributed by atoms with van der Waals surface area (Å²) in [5.74, 6) is -3.75. The number of esters is 2. The van der Waals surface area contributed by atoms with Crippen LogP contribution < -0.4 is 4.90 Å². The number of hydrogen-bond acceptors (Lipinski definition) is 8. The minimum absolute atomic E-state index is 0.00646. The highest BCUT2D eigenvalue weighted by Gasteiger charge is 2.37. The number of carbonyl (C=O) groups is 6. The first-order chi connectivity index (χ1) is 19.8. The van der Waals surface area contributed by atoms with Crippen molar-refractivity contribution in [1.29, 1.82) is 0 Å². The molecule has 4 aromatic rings. The number of rotatable bonds is 9. The van der Waals surface area contributed by atoms with E-state index >= 15 is 0 Å². The Hall–Kier alpha value is -5.70. The molecule has 5 rings (SSSR count). The molecule has 1 aliphatic heterocycles. The summed E-state index contributed by atoms with van der Waals surface area (Å²) in [6.45, 7) is -0.964. The van der Waals surface area contributed by atoms with Gasteiger partial charge in [0, 0.05) is 11.1 Å². The number of carbonyl (C=O) groups excluding carboxylic acids is 6. The van der Waals surface area contributed by atoms with Gasteiger partial charge in [-0.15, -0.1) is 0 Å². The zero-order valence-electron chi connectivity index (χ0n) is 21.4. The second kappa shape index (κ2) is 11.6. The number of hydrogen-bond donors (Lipinski definition) is 0. The Kier molecular flexibility index (Phi) is 7.60. The van der Waals surface area contributed by atoms with E-state index in [0.29, 0.717) is 11.1 Å². The molecule has 2 amide bonds. The molecule has 0 bridgehead atoms. The molecule has 0 aromatic heterocycles. The summed E-state index contributed by atoms with van der Waals surface area (Å²) in [5, 5.41) is 0. The van der Waals surface area contributed by atoms with Crippen molar-refractivity contribution in [2.24, 2.45) is 0 Å². The van der Waals surface area contributed by atoms with Crippen molar-refractivity contribution >= 4 is 41.0 Å². The number of ether oxygens (including phenoxy) is 2. The fraction of sp³-hybridized carbons (Fsp3) is 0.0625. The van der Waals surface area contributed by atoms with Crippen LogP contribution in [0.3, 0.4) is 0 Å². The Labute approximate surface area is 233 Å². The Morgan fingerprint density at radius 1 is 0.512 bits per heavy atom. The maximum atomic E-state index is 13.2. The van der Waals surface area contributed by atoms with Crippen LogP contribution in [0.25, 0.3) is 0 Å². The van der Waals surface area contributed by atoms with Gasteiger partial charge in [0.25, 0.3) is 11.8 Å². The quantitative estimate of drug-likeness (QED) is 0.170. The third-order valence-corrected chi connectivity index (χ3v) is 6.32. The number of ketones is 2. The van der Waals surface area contributed by atoms with Gasteiger partial charge in [0.05, 0.1) is 27.9 Å². The molecule has 4 aromatic carbocycles. The Balaban J connectivity index is 1.27. The van der Waals surface area contributed by atoms with Gasteiger partial charge in [-0.25, -0.2) is 14.5 Å². The zero-order chi connectivity index (χ0) is 28.9. The molecule has 0 spiro atoms. The van der Waals surface area contributed by atoms with E-state index < -0.39 is 37.0 Å².